The number of benzene rings is 1. The molecular weight excluding hydrogens is 382 g/mol. The van der Waals surface area contributed by atoms with Crippen LogP contribution in [0.1, 0.15) is 30.4 Å². The van der Waals surface area contributed by atoms with Gasteiger partial charge in [-0.15, -0.1) is 10.2 Å². The predicted octanol–water partition coefficient (Wildman–Crippen LogP) is 2.12. The van der Waals surface area contributed by atoms with E-state index >= 15 is 0 Å². The fourth-order valence-electron chi connectivity index (χ4n) is 3.19. The summed E-state index contributed by atoms with van der Waals surface area (Å²) in [6, 6.07) is 3.08. The molecule has 1 aromatic heterocycles. The Hall–Kier alpha value is -1.68. The van der Waals surface area contributed by atoms with E-state index in [-0.39, 0.29) is 36.6 Å². The molecule has 0 unspecified atom stereocenters. The number of rotatable bonds is 3. The average molecular weight is 400 g/mol. The molecule has 0 amide bonds. The molecule has 10 heteroatoms. The molecule has 0 spiro atoms. The van der Waals surface area contributed by atoms with E-state index in [1.54, 1.807) is 13.0 Å². The zero-order chi connectivity index (χ0) is 18.5. The summed E-state index contributed by atoms with van der Waals surface area (Å²) in [5, 5.41) is 8.00. The number of halogens is 1. The van der Waals surface area contributed by atoms with Crippen LogP contribution < -0.4 is 4.74 Å². The van der Waals surface area contributed by atoms with Crippen LogP contribution in [0, 0.1) is 6.92 Å². The molecule has 2 aliphatic heterocycles. The summed E-state index contributed by atoms with van der Waals surface area (Å²) in [5.74, 6) is 1.25. The second-order valence-electron chi connectivity index (χ2n) is 6.41. The van der Waals surface area contributed by atoms with Gasteiger partial charge in [0.25, 0.3) is 0 Å². The fraction of sp³-hybridized carbons (Fsp3) is 0.500. The Labute approximate surface area is 156 Å². The Morgan fingerprint density at radius 2 is 2.12 bits per heavy atom. The van der Waals surface area contributed by atoms with Gasteiger partial charge in [0, 0.05) is 32.0 Å². The van der Waals surface area contributed by atoms with Crippen molar-refractivity contribution in [3.05, 3.63) is 34.5 Å². The van der Waals surface area contributed by atoms with Crippen molar-refractivity contribution in [2.45, 2.75) is 37.4 Å². The minimum absolute atomic E-state index is 0.0195. The molecule has 4 rings (SSSR count). The maximum Gasteiger partial charge on any atom is 0.246 e. The van der Waals surface area contributed by atoms with Gasteiger partial charge in [-0.2, -0.15) is 4.31 Å². The lowest BCUT2D eigenvalue weighted by Gasteiger charge is -2.30. The molecule has 0 aliphatic carbocycles. The smallest absolute Gasteiger partial charge is 0.246 e. The van der Waals surface area contributed by atoms with Gasteiger partial charge in [0.2, 0.25) is 21.8 Å². The molecule has 0 N–H and O–H groups in total. The van der Waals surface area contributed by atoms with E-state index in [1.165, 1.54) is 10.4 Å². The molecule has 26 heavy (non-hydrogen) atoms. The molecule has 2 aliphatic rings. The monoisotopic (exact) mass is 399 g/mol. The lowest BCUT2D eigenvalue weighted by molar-refractivity contribution is -0.0176. The van der Waals surface area contributed by atoms with Crippen molar-refractivity contribution in [1.29, 1.82) is 0 Å². The molecular formula is C16H18ClN3O5S. The topological polar surface area (TPSA) is 94.8 Å². The van der Waals surface area contributed by atoms with Gasteiger partial charge in [-0.1, -0.05) is 11.6 Å². The zero-order valence-corrected chi connectivity index (χ0v) is 15.9. The van der Waals surface area contributed by atoms with E-state index in [1.807, 2.05) is 6.92 Å². The van der Waals surface area contributed by atoms with Gasteiger partial charge in [-0.05, 0) is 19.1 Å². The Kier molecular flexibility index (Phi) is 4.42. The third kappa shape index (κ3) is 3.09. The van der Waals surface area contributed by atoms with Crippen LogP contribution in [0.5, 0.6) is 5.75 Å². The van der Waals surface area contributed by atoms with E-state index in [0.717, 1.165) is 5.56 Å². The summed E-state index contributed by atoms with van der Waals surface area (Å²) < 4.78 is 44.2. The summed E-state index contributed by atoms with van der Waals surface area (Å²) in [4.78, 5) is 0.154. The molecule has 1 saturated heterocycles. The highest BCUT2D eigenvalue weighted by Gasteiger charge is 2.35. The van der Waals surface area contributed by atoms with E-state index in [9.17, 15) is 8.42 Å². The number of fused-ring (bicyclic) bond motifs is 1. The number of sulfonamides is 1. The highest BCUT2D eigenvalue weighted by molar-refractivity contribution is 7.89. The van der Waals surface area contributed by atoms with Gasteiger partial charge in [-0.3, -0.25) is 0 Å². The number of morpholine rings is 1. The van der Waals surface area contributed by atoms with Gasteiger partial charge in [0.05, 0.1) is 16.5 Å². The molecule has 1 fully saturated rings. The maximum absolute atomic E-state index is 13.1. The van der Waals surface area contributed by atoms with Crippen LogP contribution in [0.2, 0.25) is 5.02 Å². The first kappa shape index (κ1) is 17.7. The number of aromatic nitrogens is 2. The summed E-state index contributed by atoms with van der Waals surface area (Å²) >= 11 is 6.25. The van der Waals surface area contributed by atoms with Crippen molar-refractivity contribution in [2.24, 2.45) is 0 Å². The Bertz CT molecular complexity index is 945. The number of hydrogen-bond donors (Lipinski definition) is 0. The van der Waals surface area contributed by atoms with Crippen LogP contribution in [0.4, 0.5) is 0 Å². The van der Waals surface area contributed by atoms with E-state index in [4.69, 9.17) is 25.5 Å². The third-order valence-electron chi connectivity index (χ3n) is 4.40. The van der Waals surface area contributed by atoms with Crippen LogP contribution in [-0.4, -0.2) is 48.7 Å². The van der Waals surface area contributed by atoms with Gasteiger partial charge in [0.1, 0.15) is 18.0 Å². The first-order chi connectivity index (χ1) is 12.3. The predicted molar refractivity (Wildman–Crippen MR) is 91.7 cm³/mol. The van der Waals surface area contributed by atoms with E-state index < -0.39 is 16.1 Å². The fourth-order valence-corrected chi connectivity index (χ4v) is 5.04. The number of aryl methyl sites for hydroxylation is 1. The first-order valence-electron chi connectivity index (χ1n) is 8.25. The molecule has 0 radical (unpaired) electrons. The lowest BCUT2D eigenvalue weighted by Crippen LogP contribution is -2.42. The van der Waals surface area contributed by atoms with Crippen molar-refractivity contribution >= 4 is 21.6 Å². The minimum Gasteiger partial charge on any atom is -0.489 e. The zero-order valence-electron chi connectivity index (χ0n) is 14.3. The number of nitrogens with zero attached hydrogens (tertiary/aromatic N) is 3. The molecule has 3 heterocycles. The van der Waals surface area contributed by atoms with E-state index in [2.05, 4.69) is 10.2 Å². The summed E-state index contributed by atoms with van der Waals surface area (Å²) in [7, 11) is -3.73. The maximum atomic E-state index is 13.1. The lowest BCUT2D eigenvalue weighted by atomic mass is 10.1. The minimum atomic E-state index is -3.73. The summed E-state index contributed by atoms with van der Waals surface area (Å²) in [6.45, 7) is 4.18. The van der Waals surface area contributed by atoms with Crippen molar-refractivity contribution in [3.63, 3.8) is 0 Å². The molecule has 0 saturated carbocycles. The molecule has 8 nitrogen and oxygen atoms in total. The average Bonchev–Trinajstić information content (AvgIpc) is 3.20. The summed E-state index contributed by atoms with van der Waals surface area (Å²) in [6.07, 6.45) is 0.0211. The van der Waals surface area contributed by atoms with Crippen LogP contribution >= 0.6 is 11.6 Å². The highest BCUT2D eigenvalue weighted by atomic mass is 35.5. The second-order valence-corrected chi connectivity index (χ2v) is 8.75. The number of hydrogen-bond acceptors (Lipinski definition) is 7. The van der Waals surface area contributed by atoms with Crippen molar-refractivity contribution in [2.75, 3.05) is 19.7 Å². The normalized spacial score (nSPS) is 23.7. The van der Waals surface area contributed by atoms with Crippen LogP contribution in [0.3, 0.4) is 0 Å². The Morgan fingerprint density at radius 1 is 1.31 bits per heavy atom. The molecule has 1 aromatic carbocycles. The van der Waals surface area contributed by atoms with Gasteiger partial charge in [0.15, 0.2) is 0 Å². The van der Waals surface area contributed by atoms with Crippen molar-refractivity contribution < 1.29 is 22.3 Å². The van der Waals surface area contributed by atoms with Gasteiger partial charge < -0.3 is 13.9 Å². The van der Waals surface area contributed by atoms with Crippen LogP contribution in [0.15, 0.2) is 21.4 Å². The van der Waals surface area contributed by atoms with Crippen LogP contribution in [0.25, 0.3) is 0 Å². The quantitative estimate of drug-likeness (QED) is 0.780. The largest absolute Gasteiger partial charge is 0.489 e. The Morgan fingerprint density at radius 3 is 2.85 bits per heavy atom. The first-order valence-corrected chi connectivity index (χ1v) is 10.1. The Balaban J connectivity index is 1.62. The van der Waals surface area contributed by atoms with Gasteiger partial charge >= 0.3 is 0 Å². The number of ether oxygens (including phenoxy) is 2. The third-order valence-corrected chi connectivity index (χ3v) is 6.53. The van der Waals surface area contributed by atoms with Crippen molar-refractivity contribution in [3.8, 4) is 5.75 Å². The molecule has 0 bridgehead atoms. The molecule has 140 valence electrons. The second kappa shape index (κ2) is 6.49. The SMILES string of the molecule is Cc1nnc([C@H]2CN(S(=O)(=O)c3cc(Cl)c4c(c3)C[C@@H](C)O4)CCO2)o1. The standard InChI is InChI=1S/C16H18ClN3O5S/c1-9-5-11-6-12(7-13(17)15(11)24-9)26(21,22)20-3-4-23-14(8-20)16-19-18-10(2)25-16/h6-7,9,14H,3-5,8H2,1-2H3/t9-,14-/m1/s1. The van der Waals surface area contributed by atoms with E-state index in [0.29, 0.717) is 23.1 Å². The van der Waals surface area contributed by atoms with Crippen LogP contribution in [-0.2, 0) is 21.2 Å². The molecule has 2 atom stereocenters. The molecule has 2 aromatic rings. The van der Waals surface area contributed by atoms with Crippen molar-refractivity contribution in [1.82, 2.24) is 14.5 Å². The highest BCUT2D eigenvalue weighted by Crippen LogP contribution is 2.39. The van der Waals surface area contributed by atoms with Gasteiger partial charge in [-0.25, -0.2) is 8.42 Å². The summed E-state index contributed by atoms with van der Waals surface area (Å²) in [5.41, 5.74) is 0.806.